The van der Waals surface area contributed by atoms with Crippen molar-refractivity contribution in [3.63, 3.8) is 0 Å². The molecule has 0 aromatic carbocycles. The van der Waals surface area contributed by atoms with Crippen LogP contribution in [0.2, 0.25) is 0 Å². The van der Waals surface area contributed by atoms with Crippen LogP contribution in [-0.4, -0.2) is 0 Å². The van der Waals surface area contributed by atoms with Gasteiger partial charge < -0.3 is 71.0 Å². The summed E-state index contributed by atoms with van der Waals surface area (Å²) in [6, 6.07) is 0. The summed E-state index contributed by atoms with van der Waals surface area (Å²) in [5.41, 5.74) is 0. The molecule has 0 rings (SSSR count). The van der Waals surface area contributed by atoms with E-state index < -0.39 is 0 Å². The van der Waals surface area contributed by atoms with Gasteiger partial charge in [0.2, 0.25) is 0 Å². The van der Waals surface area contributed by atoms with Crippen molar-refractivity contribution in [2.24, 2.45) is 0 Å². The van der Waals surface area contributed by atoms with Gasteiger partial charge >= 0.3 is 57.0 Å². The van der Waals surface area contributed by atoms with Crippen molar-refractivity contribution in [3.8, 4) is 0 Å². The monoisotopic (exact) mass is 370 g/mol. The zero-order valence-corrected chi connectivity index (χ0v) is 9.76. The van der Waals surface area contributed by atoms with E-state index in [1.807, 2.05) is 0 Å². The normalized spacial score (nSPS) is 0.857. The third-order valence-corrected chi connectivity index (χ3v) is 0. The van der Waals surface area contributed by atoms with E-state index >= 15 is 0 Å². The third-order valence-electron chi connectivity index (χ3n) is 0. The van der Waals surface area contributed by atoms with Crippen LogP contribution in [0.1, 0.15) is 0 Å². The first kappa shape index (κ1) is 77.6. The molecule has 2 radical (unpaired) electrons. The molecule has 0 aliphatic heterocycles. The molecular weight excluding hydrogens is 369 g/mol. The van der Waals surface area contributed by atoms with Crippen molar-refractivity contribution >= 4 is 0 Å². The van der Waals surface area contributed by atoms with E-state index in [1.54, 1.807) is 0 Å². The summed E-state index contributed by atoms with van der Waals surface area (Å²) in [7, 11) is 0. The average Bonchev–Trinajstić information content (AvgIpc) is 2.33. The molecule has 0 unspecified atom stereocenters. The molecule has 0 heterocycles. The molecule has 0 aromatic rings. The van der Waals surface area contributed by atoms with Crippen molar-refractivity contribution in [2.75, 3.05) is 0 Å². The first-order chi connectivity index (χ1) is 6.00. The summed E-state index contributed by atoms with van der Waals surface area (Å²) in [5.74, 6) is 0. The Balaban J connectivity index is -0.00000000500. The summed E-state index contributed by atoms with van der Waals surface area (Å²) < 4.78 is 0. The average molecular weight is 369 g/mol. The molecule has 14 heavy (non-hydrogen) atoms. The van der Waals surface area contributed by atoms with Gasteiger partial charge in [0.15, 0.2) is 0 Å². The van der Waals surface area contributed by atoms with E-state index in [4.69, 9.17) is 71.0 Å². The van der Waals surface area contributed by atoms with Gasteiger partial charge in [-0.15, -0.1) is 0 Å². The summed E-state index contributed by atoms with van der Waals surface area (Å²) in [6.07, 6.45) is 0. The smallest absolute Gasteiger partial charge is 0.512 e. The molecule has 70 valence electrons. The van der Waals surface area contributed by atoms with Crippen molar-refractivity contribution in [1.82, 2.24) is 0 Å². The summed E-state index contributed by atoms with van der Waals surface area (Å²) in [5, 5.41) is 37.5. The second-order valence-corrected chi connectivity index (χ2v) is 0. The Labute approximate surface area is 127 Å². The van der Waals surface area contributed by atoms with E-state index in [9.17, 15) is 0 Å². The predicted molar refractivity (Wildman–Crippen MR) is 29.8 cm³/mol. The van der Waals surface area contributed by atoms with Crippen LogP contribution in [0.3, 0.4) is 0 Å². The summed E-state index contributed by atoms with van der Waals surface area (Å²) >= 11 is 0. The molecule has 0 atom stereocenters. The zero-order valence-electron chi connectivity index (χ0n) is 6.39. The standard InChI is InChI=1S/6CN.Fe.Gd/c6*1-2;;/q6*-1;2*+3. The quantitative estimate of drug-likeness (QED) is 0.451. The number of rotatable bonds is 0. The minimum Gasteiger partial charge on any atom is -0.512 e. The SMILES string of the molecule is [C-]#N.[C-]#N.[C-]#N.[C-]#N.[C-]#N.[C-]#N.[Fe+3].[Gd+3]. The second kappa shape index (κ2) is 927. The molecule has 0 N–H and O–H groups in total. The van der Waals surface area contributed by atoms with E-state index in [2.05, 4.69) is 0 Å². The Kier molecular flexibility index (Phi) is 5140. The number of hydrogen-bond donors (Lipinski definition) is 0. The van der Waals surface area contributed by atoms with Gasteiger partial charge in [-0.1, -0.05) is 0 Å². The number of nitrogens with zero attached hydrogens (tertiary/aromatic N) is 6. The van der Waals surface area contributed by atoms with Crippen molar-refractivity contribution in [2.45, 2.75) is 0 Å². The van der Waals surface area contributed by atoms with Gasteiger partial charge in [0.25, 0.3) is 0 Å². The summed E-state index contributed by atoms with van der Waals surface area (Å²) in [4.78, 5) is 0. The van der Waals surface area contributed by atoms with E-state index in [0.717, 1.165) is 0 Å². The minimum absolute atomic E-state index is 0. The topological polar surface area (TPSA) is 143 Å². The zero-order chi connectivity index (χ0) is 12.0. The van der Waals surface area contributed by atoms with Crippen LogP contribution < -0.4 is 0 Å². The van der Waals surface area contributed by atoms with Gasteiger partial charge in [0, 0.05) is 0 Å². The predicted octanol–water partition coefficient (Wildman–Crippen LogP) is 0.576. The van der Waals surface area contributed by atoms with Crippen LogP contribution >= 0.6 is 0 Å². The van der Waals surface area contributed by atoms with Gasteiger partial charge in [0.05, 0.1) is 0 Å². The Morgan fingerprint density at radius 3 is 0.357 bits per heavy atom. The molecule has 0 aromatic heterocycles. The largest absolute Gasteiger partial charge is 3.00 e. The van der Waals surface area contributed by atoms with E-state index in [-0.39, 0.29) is 57.0 Å². The Hall–Kier alpha value is -1.22. The van der Waals surface area contributed by atoms with Crippen LogP contribution in [0.5, 0.6) is 0 Å². The fraction of sp³-hybridized carbons (Fsp3) is 0. The van der Waals surface area contributed by atoms with Crippen molar-refractivity contribution in [1.29, 1.82) is 31.6 Å². The Morgan fingerprint density at radius 2 is 0.357 bits per heavy atom. The molecule has 0 saturated heterocycles. The third kappa shape index (κ3) is 698. The minimum atomic E-state index is 0. The van der Waals surface area contributed by atoms with Crippen LogP contribution in [0, 0.1) is 111 Å². The van der Waals surface area contributed by atoms with Gasteiger partial charge in [-0.25, -0.2) is 0 Å². The second-order valence-electron chi connectivity index (χ2n) is 0. The number of hydrogen-bond acceptors (Lipinski definition) is 6. The maximum absolute atomic E-state index is 6.25. The Morgan fingerprint density at radius 1 is 0.357 bits per heavy atom. The fourth-order valence-electron chi connectivity index (χ4n) is 0. The molecule has 0 spiro atoms. The maximum Gasteiger partial charge on any atom is 3.00 e. The maximum atomic E-state index is 6.25. The van der Waals surface area contributed by atoms with Gasteiger partial charge in [-0.3, -0.25) is 0 Å². The fourth-order valence-corrected chi connectivity index (χ4v) is 0. The molecule has 0 amide bonds. The van der Waals surface area contributed by atoms with Crippen LogP contribution in [-0.2, 0) is 17.1 Å². The van der Waals surface area contributed by atoms with Gasteiger partial charge in [-0.2, -0.15) is 0 Å². The van der Waals surface area contributed by atoms with Crippen LogP contribution in [0.25, 0.3) is 0 Å². The molecular formula is C6FeGdN6. The van der Waals surface area contributed by atoms with Crippen LogP contribution in [0.4, 0.5) is 0 Å². The van der Waals surface area contributed by atoms with Crippen molar-refractivity contribution in [3.05, 3.63) is 39.4 Å². The molecule has 0 aliphatic rings. The van der Waals surface area contributed by atoms with Gasteiger partial charge in [-0.05, 0) is 0 Å². The summed E-state index contributed by atoms with van der Waals surface area (Å²) in [6.45, 7) is 28.5. The first-order valence-electron chi connectivity index (χ1n) is 1.34. The van der Waals surface area contributed by atoms with Gasteiger partial charge in [0.1, 0.15) is 0 Å². The molecule has 0 bridgehead atoms. The van der Waals surface area contributed by atoms with E-state index in [1.165, 1.54) is 0 Å². The molecule has 8 heteroatoms. The molecule has 0 aliphatic carbocycles. The van der Waals surface area contributed by atoms with Crippen molar-refractivity contribution < 1.29 is 57.0 Å². The molecule has 0 fully saturated rings. The first-order valence-corrected chi connectivity index (χ1v) is 1.34. The van der Waals surface area contributed by atoms with Crippen LogP contribution in [0.15, 0.2) is 0 Å². The van der Waals surface area contributed by atoms with E-state index in [0.29, 0.717) is 0 Å². The molecule has 0 saturated carbocycles. The Bertz CT molecular complexity index is 97.3. The molecule has 6 nitrogen and oxygen atoms in total.